The number of rotatable bonds is 4. The lowest BCUT2D eigenvalue weighted by Crippen LogP contribution is -2.54. The molecule has 0 saturated carbocycles. The van der Waals surface area contributed by atoms with Gasteiger partial charge in [0.25, 0.3) is 0 Å². The van der Waals surface area contributed by atoms with E-state index in [9.17, 15) is 0 Å². The van der Waals surface area contributed by atoms with Gasteiger partial charge < -0.3 is 10.2 Å². The Balaban J connectivity index is 1.28. The summed E-state index contributed by atoms with van der Waals surface area (Å²) >= 11 is 3.32. The second-order valence-corrected chi connectivity index (χ2v) is 10.9. The number of anilines is 1. The van der Waals surface area contributed by atoms with Crippen molar-refractivity contribution in [3.8, 4) is 21.7 Å². The van der Waals surface area contributed by atoms with Gasteiger partial charge in [0.15, 0.2) is 0 Å². The predicted octanol–water partition coefficient (Wildman–Crippen LogP) is 4.69. The first-order valence-corrected chi connectivity index (χ1v) is 12.8. The minimum Gasteiger partial charge on any atom is -0.339 e. The number of nitrogens with one attached hydrogen (secondary N) is 1. The topological polar surface area (TPSA) is 79.7 Å². The fraction of sp³-hybridized carbons (Fsp3) is 0.435. The lowest BCUT2D eigenvalue weighted by molar-refractivity contribution is 0.218. The molecule has 9 heteroatoms. The highest BCUT2D eigenvalue weighted by atomic mass is 32.1. The van der Waals surface area contributed by atoms with Gasteiger partial charge in [-0.1, -0.05) is 18.6 Å². The maximum Gasteiger partial charge on any atom is 0.245 e. The van der Waals surface area contributed by atoms with Crippen LogP contribution in [0.25, 0.3) is 31.9 Å². The molecule has 3 aromatic heterocycles. The molecule has 32 heavy (non-hydrogen) atoms. The van der Waals surface area contributed by atoms with E-state index >= 15 is 0 Å². The van der Waals surface area contributed by atoms with Gasteiger partial charge in [-0.2, -0.15) is 0 Å². The number of hydrogen-bond acceptors (Lipinski definition) is 9. The van der Waals surface area contributed by atoms with Crippen molar-refractivity contribution in [3.63, 3.8) is 0 Å². The molecule has 5 heterocycles. The third-order valence-corrected chi connectivity index (χ3v) is 8.55. The normalized spacial score (nSPS) is 22.9. The van der Waals surface area contributed by atoms with Gasteiger partial charge in [0, 0.05) is 42.5 Å². The Hall–Kier alpha value is -2.49. The fourth-order valence-electron chi connectivity index (χ4n) is 5.11. The van der Waals surface area contributed by atoms with Crippen molar-refractivity contribution in [3.05, 3.63) is 35.0 Å². The predicted molar refractivity (Wildman–Crippen MR) is 130 cm³/mol. The number of aryl methyl sites for hydroxylation is 1. The monoisotopic (exact) mass is 463 g/mol. The highest BCUT2D eigenvalue weighted by Crippen LogP contribution is 2.38. The zero-order valence-electron chi connectivity index (χ0n) is 18.2. The minimum absolute atomic E-state index is 0.467. The first-order valence-electron chi connectivity index (χ1n) is 11.1. The summed E-state index contributed by atoms with van der Waals surface area (Å²) in [5.41, 5.74) is 5.80. The van der Waals surface area contributed by atoms with Gasteiger partial charge in [-0.15, -0.1) is 32.9 Å². The molecule has 0 amide bonds. The number of hydrogen-bond donors (Lipinski definition) is 1. The van der Waals surface area contributed by atoms with E-state index in [0.717, 1.165) is 49.8 Å². The molecule has 0 radical (unpaired) electrons. The van der Waals surface area contributed by atoms with Gasteiger partial charge in [0.2, 0.25) is 5.95 Å². The van der Waals surface area contributed by atoms with E-state index in [4.69, 9.17) is 4.98 Å². The van der Waals surface area contributed by atoms with E-state index in [-0.39, 0.29) is 0 Å². The first-order chi connectivity index (χ1) is 15.7. The summed E-state index contributed by atoms with van der Waals surface area (Å²) in [6, 6.07) is 5.94. The minimum atomic E-state index is 0.467. The molecule has 2 bridgehead atoms. The Kier molecular flexibility index (Phi) is 5.12. The van der Waals surface area contributed by atoms with Gasteiger partial charge in [-0.25, -0.2) is 15.0 Å². The van der Waals surface area contributed by atoms with Crippen molar-refractivity contribution in [1.29, 1.82) is 0 Å². The number of thiazole rings is 2. The summed E-state index contributed by atoms with van der Waals surface area (Å²) in [5, 5.41) is 13.9. The Morgan fingerprint density at radius 3 is 2.53 bits per heavy atom. The molecule has 2 saturated heterocycles. The van der Waals surface area contributed by atoms with Crippen LogP contribution in [0.2, 0.25) is 0 Å². The van der Waals surface area contributed by atoms with E-state index in [0.29, 0.717) is 24.1 Å². The first kappa shape index (κ1) is 20.1. The summed E-state index contributed by atoms with van der Waals surface area (Å²) in [5.74, 6) is 0.705. The van der Waals surface area contributed by atoms with Crippen molar-refractivity contribution in [2.24, 2.45) is 0 Å². The lowest BCUT2D eigenvalue weighted by atomic mass is 9.83. The van der Waals surface area contributed by atoms with Crippen LogP contribution in [0.1, 0.15) is 37.1 Å². The molecule has 7 nitrogen and oxygen atoms in total. The van der Waals surface area contributed by atoms with Crippen LogP contribution >= 0.6 is 22.7 Å². The zero-order valence-corrected chi connectivity index (χ0v) is 19.8. The number of nitrogens with zero attached hydrogens (tertiary/aromatic N) is 6. The third-order valence-electron chi connectivity index (χ3n) is 6.75. The standard InChI is InChI=1S/C23H25N7S2/c1-13-24-11-20(32-13)18-7-6-17(22-21(18)26-12-31-22)19-10-25-23(29-28-19)30(2)16-8-14-4-3-5-15(9-16)27-14/h6-7,10-12,14-16,27H,3-5,8-9H2,1-2H3/t14-,15-/m1/s1. The van der Waals surface area contributed by atoms with Crippen molar-refractivity contribution < 1.29 is 0 Å². The van der Waals surface area contributed by atoms with Crippen LogP contribution in [0.15, 0.2) is 30.0 Å². The number of fused-ring (bicyclic) bond motifs is 3. The molecule has 1 N–H and O–H groups in total. The summed E-state index contributed by atoms with van der Waals surface area (Å²) in [7, 11) is 2.11. The molecule has 4 aromatic rings. The summed E-state index contributed by atoms with van der Waals surface area (Å²) in [6.45, 7) is 2.02. The van der Waals surface area contributed by atoms with Gasteiger partial charge in [-0.3, -0.25) is 0 Å². The van der Waals surface area contributed by atoms with Crippen molar-refractivity contribution in [2.45, 2.75) is 57.2 Å². The molecule has 2 fully saturated rings. The quantitative estimate of drug-likeness (QED) is 0.470. The van der Waals surface area contributed by atoms with Crippen LogP contribution in [-0.2, 0) is 0 Å². The second-order valence-electron chi connectivity index (χ2n) is 8.81. The number of aromatic nitrogens is 5. The van der Waals surface area contributed by atoms with Crippen LogP contribution in [0.4, 0.5) is 5.95 Å². The van der Waals surface area contributed by atoms with Gasteiger partial charge in [0.05, 0.1) is 31.8 Å². The fourth-order valence-corrected chi connectivity index (χ4v) is 6.75. The molecular weight excluding hydrogens is 438 g/mol. The summed E-state index contributed by atoms with van der Waals surface area (Å²) in [4.78, 5) is 17.1. The maximum atomic E-state index is 4.71. The van der Waals surface area contributed by atoms with E-state index in [1.54, 1.807) is 22.7 Å². The SMILES string of the molecule is Cc1ncc(-c2ccc(-c3cnc(N(C)C4C[C@H]5CCC[C@H](C4)N5)nn3)c3scnc23)s1. The number of piperidine rings is 2. The zero-order chi connectivity index (χ0) is 21.7. The molecule has 0 spiro atoms. The molecule has 2 atom stereocenters. The van der Waals surface area contributed by atoms with Crippen molar-refractivity contribution >= 4 is 38.8 Å². The molecule has 6 rings (SSSR count). The largest absolute Gasteiger partial charge is 0.339 e. The third kappa shape index (κ3) is 3.58. The smallest absolute Gasteiger partial charge is 0.245 e. The van der Waals surface area contributed by atoms with E-state index in [2.05, 4.69) is 49.6 Å². The molecule has 0 unspecified atom stereocenters. The Bertz CT molecular complexity index is 1240. The van der Waals surface area contributed by atoms with Crippen molar-refractivity contribution in [2.75, 3.05) is 11.9 Å². The Labute approximate surface area is 195 Å². The van der Waals surface area contributed by atoms with Crippen molar-refractivity contribution in [1.82, 2.24) is 30.5 Å². The molecule has 0 aliphatic carbocycles. The van der Waals surface area contributed by atoms with Crippen LogP contribution in [0.5, 0.6) is 0 Å². The van der Waals surface area contributed by atoms with Gasteiger partial charge >= 0.3 is 0 Å². The highest BCUT2D eigenvalue weighted by molar-refractivity contribution is 7.18. The Morgan fingerprint density at radius 1 is 1.00 bits per heavy atom. The van der Waals surface area contributed by atoms with Gasteiger partial charge in [0.1, 0.15) is 5.69 Å². The summed E-state index contributed by atoms with van der Waals surface area (Å²) in [6.07, 6.45) is 9.98. The average Bonchev–Trinajstić information content (AvgIpc) is 3.47. The molecule has 2 aliphatic rings. The van der Waals surface area contributed by atoms with Crippen LogP contribution in [-0.4, -0.2) is 50.3 Å². The summed E-state index contributed by atoms with van der Waals surface area (Å²) < 4.78 is 1.11. The molecule has 2 aliphatic heterocycles. The lowest BCUT2D eigenvalue weighted by Gasteiger charge is -2.43. The van der Waals surface area contributed by atoms with E-state index in [1.165, 1.54) is 19.3 Å². The van der Waals surface area contributed by atoms with Gasteiger partial charge in [-0.05, 0) is 32.6 Å². The Morgan fingerprint density at radius 2 is 1.81 bits per heavy atom. The maximum absolute atomic E-state index is 4.71. The van der Waals surface area contributed by atoms with E-state index < -0.39 is 0 Å². The van der Waals surface area contributed by atoms with Crippen LogP contribution < -0.4 is 10.2 Å². The van der Waals surface area contributed by atoms with Crippen LogP contribution in [0.3, 0.4) is 0 Å². The highest BCUT2D eigenvalue weighted by Gasteiger charge is 2.33. The van der Waals surface area contributed by atoms with E-state index in [1.807, 2.05) is 24.8 Å². The average molecular weight is 464 g/mol. The molecule has 164 valence electrons. The van der Waals surface area contributed by atoms with Crippen LogP contribution in [0, 0.1) is 6.92 Å². The number of benzene rings is 1. The molecular formula is C23H25N7S2. The second kappa shape index (κ2) is 8.13. The molecule has 1 aromatic carbocycles.